The molecule has 0 saturated heterocycles. The molecule has 0 heterocycles. The van der Waals surface area contributed by atoms with Gasteiger partial charge in [-0.05, 0) is 24.6 Å². The molecule has 0 amide bonds. The SMILES string of the molecule is CC1=CCC(Cl)=CC=C1C(=O)O. The summed E-state index contributed by atoms with van der Waals surface area (Å²) < 4.78 is 0. The molecule has 0 fully saturated rings. The Morgan fingerprint density at radius 3 is 2.83 bits per heavy atom. The zero-order valence-corrected chi connectivity index (χ0v) is 7.43. The van der Waals surface area contributed by atoms with Gasteiger partial charge in [-0.3, -0.25) is 0 Å². The highest BCUT2D eigenvalue weighted by Gasteiger charge is 2.10. The lowest BCUT2D eigenvalue weighted by Crippen LogP contribution is -2.00. The Morgan fingerprint density at radius 1 is 1.58 bits per heavy atom. The summed E-state index contributed by atoms with van der Waals surface area (Å²) in [6, 6.07) is 0. The smallest absolute Gasteiger partial charge is 0.335 e. The molecule has 0 saturated carbocycles. The van der Waals surface area contributed by atoms with Crippen molar-refractivity contribution in [3.8, 4) is 0 Å². The van der Waals surface area contributed by atoms with E-state index >= 15 is 0 Å². The van der Waals surface area contributed by atoms with Crippen molar-refractivity contribution in [2.24, 2.45) is 0 Å². The predicted octanol–water partition coefficient (Wildman–Crippen LogP) is 2.47. The lowest BCUT2D eigenvalue weighted by Gasteiger charge is -1.98. The van der Waals surface area contributed by atoms with Crippen LogP contribution >= 0.6 is 11.6 Å². The Balaban J connectivity index is 3.04. The van der Waals surface area contributed by atoms with Crippen LogP contribution in [-0.2, 0) is 4.79 Å². The fourth-order valence-electron chi connectivity index (χ4n) is 0.974. The maximum Gasteiger partial charge on any atom is 0.335 e. The van der Waals surface area contributed by atoms with Crippen molar-refractivity contribution in [1.82, 2.24) is 0 Å². The minimum atomic E-state index is -0.911. The third-order valence-corrected chi connectivity index (χ3v) is 1.97. The maximum atomic E-state index is 10.6. The van der Waals surface area contributed by atoms with Gasteiger partial charge in [-0.25, -0.2) is 4.79 Å². The molecule has 2 nitrogen and oxygen atoms in total. The Labute approximate surface area is 75.8 Å². The molecule has 0 bridgehead atoms. The summed E-state index contributed by atoms with van der Waals surface area (Å²) in [6.07, 6.45) is 5.58. The molecule has 0 unspecified atom stereocenters. The van der Waals surface area contributed by atoms with Gasteiger partial charge in [0, 0.05) is 11.5 Å². The van der Waals surface area contributed by atoms with E-state index in [0.717, 1.165) is 5.57 Å². The number of carbonyl (C=O) groups is 1. The molecule has 0 aromatic rings. The van der Waals surface area contributed by atoms with Crippen molar-refractivity contribution in [2.75, 3.05) is 0 Å². The molecule has 12 heavy (non-hydrogen) atoms. The van der Waals surface area contributed by atoms with Crippen LogP contribution in [0.25, 0.3) is 0 Å². The number of hydrogen-bond donors (Lipinski definition) is 1. The number of aliphatic carboxylic acids is 1. The van der Waals surface area contributed by atoms with E-state index in [9.17, 15) is 4.79 Å². The van der Waals surface area contributed by atoms with Crippen molar-refractivity contribution < 1.29 is 9.90 Å². The van der Waals surface area contributed by atoms with Crippen LogP contribution in [-0.4, -0.2) is 11.1 Å². The first-order valence-corrected chi connectivity index (χ1v) is 3.96. The summed E-state index contributed by atoms with van der Waals surface area (Å²) in [4.78, 5) is 10.6. The van der Waals surface area contributed by atoms with E-state index in [2.05, 4.69) is 0 Å². The molecule has 64 valence electrons. The van der Waals surface area contributed by atoms with Gasteiger partial charge in [0.15, 0.2) is 0 Å². The summed E-state index contributed by atoms with van der Waals surface area (Å²) in [7, 11) is 0. The molecule has 1 rings (SSSR count). The molecule has 0 aliphatic heterocycles. The van der Waals surface area contributed by atoms with Gasteiger partial charge in [0.25, 0.3) is 0 Å². The molecular weight excluding hydrogens is 176 g/mol. The molecule has 0 aromatic carbocycles. The number of allylic oxidation sites excluding steroid dienone is 4. The third-order valence-electron chi connectivity index (χ3n) is 1.69. The number of carboxylic acid groups (broad SMARTS) is 1. The molecule has 0 atom stereocenters. The first-order chi connectivity index (χ1) is 5.61. The number of hydrogen-bond acceptors (Lipinski definition) is 1. The Hall–Kier alpha value is -1.02. The largest absolute Gasteiger partial charge is 0.478 e. The summed E-state index contributed by atoms with van der Waals surface area (Å²) in [5, 5.41) is 9.40. The quantitative estimate of drug-likeness (QED) is 0.680. The zero-order chi connectivity index (χ0) is 9.14. The van der Waals surface area contributed by atoms with Crippen LogP contribution in [0.15, 0.2) is 34.4 Å². The van der Waals surface area contributed by atoms with Gasteiger partial charge in [-0.15, -0.1) is 0 Å². The van der Waals surface area contributed by atoms with E-state index in [4.69, 9.17) is 16.7 Å². The Morgan fingerprint density at radius 2 is 2.25 bits per heavy atom. The average Bonchev–Trinajstić information content (AvgIpc) is 2.14. The van der Waals surface area contributed by atoms with Gasteiger partial charge in [0.1, 0.15) is 0 Å². The minimum absolute atomic E-state index is 0.311. The van der Waals surface area contributed by atoms with Crippen LogP contribution in [0.2, 0.25) is 0 Å². The van der Waals surface area contributed by atoms with E-state index in [1.807, 2.05) is 6.08 Å². The van der Waals surface area contributed by atoms with Gasteiger partial charge in [-0.1, -0.05) is 17.7 Å². The van der Waals surface area contributed by atoms with Gasteiger partial charge < -0.3 is 5.11 Å². The predicted molar refractivity (Wildman–Crippen MR) is 48.0 cm³/mol. The second-order valence-corrected chi connectivity index (χ2v) is 3.08. The highest BCUT2D eigenvalue weighted by atomic mass is 35.5. The second kappa shape index (κ2) is 3.59. The van der Waals surface area contributed by atoms with E-state index < -0.39 is 5.97 Å². The van der Waals surface area contributed by atoms with Gasteiger partial charge in [0.05, 0.1) is 5.57 Å². The summed E-state index contributed by atoms with van der Waals surface area (Å²) in [5.74, 6) is -0.911. The van der Waals surface area contributed by atoms with Crippen LogP contribution in [0, 0.1) is 0 Å². The maximum absolute atomic E-state index is 10.6. The summed E-state index contributed by atoms with van der Waals surface area (Å²) in [6.45, 7) is 1.77. The van der Waals surface area contributed by atoms with Gasteiger partial charge >= 0.3 is 5.97 Å². The topological polar surface area (TPSA) is 37.3 Å². The lowest BCUT2D eigenvalue weighted by molar-refractivity contribution is -0.132. The van der Waals surface area contributed by atoms with E-state index in [0.29, 0.717) is 17.0 Å². The van der Waals surface area contributed by atoms with Crippen LogP contribution in [0.1, 0.15) is 13.3 Å². The summed E-state index contributed by atoms with van der Waals surface area (Å²) in [5.41, 5.74) is 1.07. The molecule has 0 spiro atoms. The monoisotopic (exact) mass is 184 g/mol. The lowest BCUT2D eigenvalue weighted by atomic mass is 10.1. The van der Waals surface area contributed by atoms with Crippen LogP contribution < -0.4 is 0 Å². The minimum Gasteiger partial charge on any atom is -0.478 e. The number of halogens is 1. The van der Waals surface area contributed by atoms with Crippen LogP contribution in [0.5, 0.6) is 0 Å². The van der Waals surface area contributed by atoms with Crippen LogP contribution in [0.4, 0.5) is 0 Å². The fraction of sp³-hybridized carbons (Fsp3) is 0.222. The average molecular weight is 185 g/mol. The summed E-state index contributed by atoms with van der Waals surface area (Å²) >= 11 is 5.74. The molecule has 1 aliphatic rings. The van der Waals surface area contributed by atoms with Crippen molar-refractivity contribution in [2.45, 2.75) is 13.3 Å². The molecular formula is C9H9ClO2. The Bertz CT molecular complexity index is 298. The highest BCUT2D eigenvalue weighted by molar-refractivity contribution is 6.29. The molecule has 1 N–H and O–H groups in total. The van der Waals surface area contributed by atoms with E-state index in [-0.39, 0.29) is 0 Å². The van der Waals surface area contributed by atoms with E-state index in [1.54, 1.807) is 13.0 Å². The van der Waals surface area contributed by atoms with Crippen molar-refractivity contribution >= 4 is 17.6 Å². The second-order valence-electron chi connectivity index (χ2n) is 2.59. The van der Waals surface area contributed by atoms with Gasteiger partial charge in [-0.2, -0.15) is 0 Å². The fourth-order valence-corrected chi connectivity index (χ4v) is 1.11. The van der Waals surface area contributed by atoms with Crippen molar-refractivity contribution in [1.29, 1.82) is 0 Å². The first-order valence-electron chi connectivity index (χ1n) is 3.58. The van der Waals surface area contributed by atoms with Crippen molar-refractivity contribution in [3.63, 3.8) is 0 Å². The zero-order valence-electron chi connectivity index (χ0n) is 6.67. The third kappa shape index (κ3) is 1.98. The van der Waals surface area contributed by atoms with E-state index in [1.165, 1.54) is 6.08 Å². The number of rotatable bonds is 1. The van der Waals surface area contributed by atoms with Gasteiger partial charge in [0.2, 0.25) is 0 Å². The van der Waals surface area contributed by atoms with Crippen LogP contribution in [0.3, 0.4) is 0 Å². The normalized spacial score (nSPS) is 17.3. The first kappa shape index (κ1) is 9.07. The number of carboxylic acids is 1. The molecule has 3 heteroatoms. The molecule has 0 aromatic heterocycles. The van der Waals surface area contributed by atoms with Crippen molar-refractivity contribution in [3.05, 3.63) is 34.4 Å². The highest BCUT2D eigenvalue weighted by Crippen LogP contribution is 2.19. The molecule has 0 radical (unpaired) electrons. The molecule has 1 aliphatic carbocycles. The standard InChI is InChI=1S/C9H9ClO2/c1-6-2-3-7(10)4-5-8(6)9(11)12/h2,4-5H,3H2,1H3,(H,11,12). The Kier molecular flexibility index (Phi) is 2.71.